The second kappa shape index (κ2) is 6.80. The van der Waals surface area contributed by atoms with Crippen molar-refractivity contribution in [1.82, 2.24) is 15.0 Å². The number of aromatic nitrogens is 3. The molecule has 5 heteroatoms. The first kappa shape index (κ1) is 16.0. The van der Waals surface area contributed by atoms with Gasteiger partial charge in [-0.15, -0.1) is 0 Å². The van der Waals surface area contributed by atoms with Gasteiger partial charge in [0.15, 0.2) is 0 Å². The quantitative estimate of drug-likeness (QED) is 0.582. The number of aryl methyl sites for hydroxylation is 2. The minimum Gasteiger partial charge on any atom is -0.366 e. The average Bonchev–Trinajstić information content (AvgIpc) is 3.11. The fraction of sp³-hybridized carbons (Fsp3) is 0.0952. The van der Waals surface area contributed by atoms with E-state index in [9.17, 15) is 4.79 Å². The van der Waals surface area contributed by atoms with Crippen LogP contribution in [0.5, 0.6) is 0 Å². The van der Waals surface area contributed by atoms with E-state index in [1.54, 1.807) is 12.1 Å². The van der Waals surface area contributed by atoms with Gasteiger partial charge in [-0.05, 0) is 42.7 Å². The molecule has 2 heterocycles. The van der Waals surface area contributed by atoms with Gasteiger partial charge in [0.25, 0.3) is 5.91 Å². The molecule has 0 spiro atoms. The monoisotopic (exact) mass is 342 g/mol. The molecule has 0 aliphatic heterocycles. The molecule has 1 amide bonds. The van der Waals surface area contributed by atoms with E-state index in [1.165, 1.54) is 5.56 Å². The molecule has 0 aliphatic carbocycles. The Morgan fingerprint density at radius 2 is 1.81 bits per heavy atom. The summed E-state index contributed by atoms with van der Waals surface area (Å²) in [7, 11) is 0. The first-order valence-electron chi connectivity index (χ1n) is 8.48. The molecule has 26 heavy (non-hydrogen) atoms. The largest absolute Gasteiger partial charge is 0.366 e. The number of nitrogens with two attached hydrogens (primary N) is 1. The Morgan fingerprint density at radius 3 is 2.54 bits per heavy atom. The summed E-state index contributed by atoms with van der Waals surface area (Å²) in [6.07, 6.45) is 3.66. The number of fused-ring (bicyclic) bond motifs is 1. The number of imidazole rings is 1. The van der Waals surface area contributed by atoms with E-state index in [4.69, 9.17) is 5.73 Å². The van der Waals surface area contributed by atoms with Crippen LogP contribution in [0.25, 0.3) is 22.4 Å². The molecular weight excluding hydrogens is 324 g/mol. The summed E-state index contributed by atoms with van der Waals surface area (Å²) in [5, 5.41) is 0. The smallest absolute Gasteiger partial charge is 0.250 e. The summed E-state index contributed by atoms with van der Waals surface area (Å²) in [4.78, 5) is 23.7. The lowest BCUT2D eigenvalue weighted by Gasteiger charge is -2.03. The summed E-state index contributed by atoms with van der Waals surface area (Å²) in [6.45, 7) is 0. The van der Waals surface area contributed by atoms with E-state index >= 15 is 0 Å². The first-order chi connectivity index (χ1) is 12.7. The number of carbonyl (C=O) groups excluding carboxylic acids is 1. The van der Waals surface area contributed by atoms with Gasteiger partial charge in [0, 0.05) is 17.5 Å². The second-order valence-electron chi connectivity index (χ2n) is 6.17. The predicted molar refractivity (Wildman–Crippen MR) is 102 cm³/mol. The van der Waals surface area contributed by atoms with Crippen LogP contribution in [0, 0.1) is 0 Å². The van der Waals surface area contributed by atoms with Crippen LogP contribution < -0.4 is 5.73 Å². The minimum atomic E-state index is -0.474. The number of H-pyrrole nitrogens is 1. The van der Waals surface area contributed by atoms with Gasteiger partial charge in [0.05, 0.1) is 11.1 Å². The Balaban J connectivity index is 1.56. The molecule has 0 radical (unpaired) electrons. The van der Waals surface area contributed by atoms with Crippen molar-refractivity contribution in [3.8, 4) is 11.4 Å². The number of hydrogen-bond acceptors (Lipinski definition) is 3. The number of nitrogens with one attached hydrogen (secondary N) is 1. The van der Waals surface area contributed by atoms with E-state index in [2.05, 4.69) is 27.1 Å². The molecule has 0 unspecified atom stereocenters. The Hall–Kier alpha value is -3.47. The Labute approximate surface area is 150 Å². The van der Waals surface area contributed by atoms with Crippen molar-refractivity contribution in [2.75, 3.05) is 0 Å². The zero-order chi connectivity index (χ0) is 17.9. The van der Waals surface area contributed by atoms with Gasteiger partial charge in [0.1, 0.15) is 11.3 Å². The van der Waals surface area contributed by atoms with Gasteiger partial charge >= 0.3 is 0 Å². The summed E-state index contributed by atoms with van der Waals surface area (Å²) < 4.78 is 0. The van der Waals surface area contributed by atoms with Crippen molar-refractivity contribution >= 4 is 16.9 Å². The van der Waals surface area contributed by atoms with E-state index < -0.39 is 5.91 Å². The van der Waals surface area contributed by atoms with Gasteiger partial charge in [-0.25, -0.2) is 4.98 Å². The number of pyridine rings is 1. The minimum absolute atomic E-state index is 0.428. The molecular formula is C21H18N4O. The number of para-hydroxylation sites is 1. The van der Waals surface area contributed by atoms with Gasteiger partial charge in [-0.2, -0.15) is 0 Å². The number of primary amides is 1. The highest BCUT2D eigenvalue weighted by Gasteiger charge is 2.12. The number of nitrogens with zero attached hydrogens (tertiary/aromatic N) is 2. The number of carbonyl (C=O) groups is 1. The standard InChI is InChI=1S/C21H18N4O/c22-20(26)17-5-3-6-18-19(17)25-21(24-18)15-10-7-14(8-11-15)9-12-16-4-1-2-13-23-16/h1-8,10-11,13H,9,12H2,(H2,22,26)(H,24,25). The molecule has 4 aromatic rings. The molecule has 0 saturated carbocycles. The summed E-state index contributed by atoms with van der Waals surface area (Å²) in [5.41, 5.74) is 10.6. The fourth-order valence-corrected chi connectivity index (χ4v) is 3.02. The maximum absolute atomic E-state index is 11.6. The molecule has 128 valence electrons. The molecule has 0 atom stereocenters. The Bertz CT molecular complexity index is 1050. The van der Waals surface area contributed by atoms with Crippen molar-refractivity contribution < 1.29 is 4.79 Å². The lowest BCUT2D eigenvalue weighted by Crippen LogP contribution is -2.11. The zero-order valence-electron chi connectivity index (χ0n) is 14.1. The molecule has 0 bridgehead atoms. The van der Waals surface area contributed by atoms with Crippen LogP contribution >= 0.6 is 0 Å². The summed E-state index contributed by atoms with van der Waals surface area (Å²) in [6, 6.07) is 19.6. The predicted octanol–water partition coefficient (Wildman–Crippen LogP) is 3.51. The van der Waals surface area contributed by atoms with E-state index in [0.717, 1.165) is 35.4 Å². The maximum Gasteiger partial charge on any atom is 0.250 e. The van der Waals surface area contributed by atoms with Crippen LogP contribution in [-0.4, -0.2) is 20.9 Å². The van der Waals surface area contributed by atoms with E-state index in [0.29, 0.717) is 11.1 Å². The summed E-state index contributed by atoms with van der Waals surface area (Å²) in [5.74, 6) is 0.253. The highest BCUT2D eigenvalue weighted by molar-refractivity contribution is 6.04. The molecule has 2 aromatic carbocycles. The topological polar surface area (TPSA) is 84.7 Å². The molecule has 4 rings (SSSR count). The van der Waals surface area contributed by atoms with Crippen molar-refractivity contribution in [2.45, 2.75) is 12.8 Å². The van der Waals surface area contributed by atoms with Crippen molar-refractivity contribution in [2.24, 2.45) is 5.73 Å². The van der Waals surface area contributed by atoms with Gasteiger partial charge in [-0.1, -0.05) is 36.4 Å². The van der Waals surface area contributed by atoms with Crippen LogP contribution in [0.2, 0.25) is 0 Å². The zero-order valence-corrected chi connectivity index (χ0v) is 14.1. The number of benzene rings is 2. The van der Waals surface area contributed by atoms with Crippen LogP contribution in [-0.2, 0) is 12.8 Å². The normalized spacial score (nSPS) is 10.9. The lowest BCUT2D eigenvalue weighted by molar-refractivity contribution is 0.100. The van der Waals surface area contributed by atoms with Crippen LogP contribution in [0.4, 0.5) is 0 Å². The molecule has 2 aromatic heterocycles. The van der Waals surface area contributed by atoms with Crippen LogP contribution in [0.1, 0.15) is 21.6 Å². The first-order valence-corrected chi connectivity index (χ1v) is 8.48. The van der Waals surface area contributed by atoms with Crippen molar-refractivity contribution in [3.05, 3.63) is 83.7 Å². The average molecular weight is 342 g/mol. The number of rotatable bonds is 5. The molecule has 3 N–H and O–H groups in total. The third-order valence-electron chi connectivity index (χ3n) is 4.40. The number of amides is 1. The number of hydrogen-bond donors (Lipinski definition) is 2. The van der Waals surface area contributed by atoms with Gasteiger partial charge in [-0.3, -0.25) is 9.78 Å². The molecule has 0 saturated heterocycles. The Morgan fingerprint density at radius 1 is 0.962 bits per heavy atom. The van der Waals surface area contributed by atoms with Gasteiger partial charge in [0.2, 0.25) is 0 Å². The Kier molecular flexibility index (Phi) is 4.19. The fourth-order valence-electron chi connectivity index (χ4n) is 3.02. The second-order valence-corrected chi connectivity index (χ2v) is 6.17. The highest BCUT2D eigenvalue weighted by Crippen LogP contribution is 2.23. The van der Waals surface area contributed by atoms with Gasteiger partial charge < -0.3 is 10.7 Å². The number of aromatic amines is 1. The molecule has 0 fully saturated rings. The van der Waals surface area contributed by atoms with E-state index in [1.807, 2.05) is 42.6 Å². The van der Waals surface area contributed by atoms with Crippen molar-refractivity contribution in [3.63, 3.8) is 0 Å². The van der Waals surface area contributed by atoms with Crippen LogP contribution in [0.3, 0.4) is 0 Å². The SMILES string of the molecule is NC(=O)c1cccc2[nH]c(-c3ccc(CCc4ccccn4)cc3)nc12. The van der Waals surface area contributed by atoms with Crippen molar-refractivity contribution in [1.29, 1.82) is 0 Å². The third kappa shape index (κ3) is 3.19. The molecule has 0 aliphatic rings. The lowest BCUT2D eigenvalue weighted by atomic mass is 10.1. The van der Waals surface area contributed by atoms with E-state index in [-0.39, 0.29) is 0 Å². The maximum atomic E-state index is 11.6. The highest BCUT2D eigenvalue weighted by atomic mass is 16.1. The summed E-state index contributed by atoms with van der Waals surface area (Å²) >= 11 is 0. The third-order valence-corrected chi connectivity index (χ3v) is 4.40. The molecule has 5 nitrogen and oxygen atoms in total. The van der Waals surface area contributed by atoms with Crippen LogP contribution in [0.15, 0.2) is 66.9 Å².